The molecule has 0 aromatic heterocycles. The van der Waals surface area contributed by atoms with Crippen LogP contribution in [0.15, 0.2) is 0 Å². The average molecular weight is 241 g/mol. The third-order valence-corrected chi connectivity index (χ3v) is 3.32. The van der Waals surface area contributed by atoms with Gasteiger partial charge in [-0.15, -0.1) is 0 Å². The van der Waals surface area contributed by atoms with Crippen LogP contribution in [0.4, 0.5) is 0 Å². The van der Waals surface area contributed by atoms with Crippen LogP contribution >= 0.6 is 0 Å². The second-order valence-corrected chi connectivity index (χ2v) is 4.76. The fourth-order valence-corrected chi connectivity index (χ4v) is 2.35. The van der Waals surface area contributed by atoms with E-state index in [1.54, 1.807) is 0 Å². The third kappa shape index (κ3) is 3.41. The summed E-state index contributed by atoms with van der Waals surface area (Å²) in [6, 6.07) is -0.294. The van der Waals surface area contributed by atoms with E-state index < -0.39 is 0 Å². The Morgan fingerprint density at radius 3 is 2.88 bits per heavy atom. The molecule has 1 aliphatic carbocycles. The number of carbonyl (C=O) groups excluding carboxylic acids is 2. The highest BCUT2D eigenvalue weighted by Crippen LogP contribution is 2.18. The van der Waals surface area contributed by atoms with E-state index in [-0.39, 0.29) is 36.5 Å². The van der Waals surface area contributed by atoms with Crippen molar-refractivity contribution in [3.8, 4) is 0 Å². The predicted molar refractivity (Wildman–Crippen MR) is 61.2 cm³/mol. The quantitative estimate of drug-likeness (QED) is 0.473. The molecule has 2 amide bonds. The molecule has 4 N–H and O–H groups in total. The number of hydrogen-bond acceptors (Lipinski definition) is 4. The van der Waals surface area contributed by atoms with Crippen molar-refractivity contribution < 1.29 is 14.7 Å². The van der Waals surface area contributed by atoms with E-state index in [1.165, 1.54) is 0 Å². The molecule has 6 heteroatoms. The van der Waals surface area contributed by atoms with E-state index in [0.29, 0.717) is 13.0 Å². The van der Waals surface area contributed by atoms with Gasteiger partial charge >= 0.3 is 0 Å². The number of aliphatic hydroxyl groups is 1. The topological polar surface area (TPSA) is 90.5 Å². The minimum atomic E-state index is -0.355. The summed E-state index contributed by atoms with van der Waals surface area (Å²) in [5.41, 5.74) is 0. The molecule has 1 saturated heterocycles. The van der Waals surface area contributed by atoms with Crippen molar-refractivity contribution in [1.82, 2.24) is 16.0 Å². The summed E-state index contributed by atoms with van der Waals surface area (Å²) in [6.45, 7) is 0.519. The fourth-order valence-electron chi connectivity index (χ4n) is 2.35. The summed E-state index contributed by atoms with van der Waals surface area (Å²) in [5.74, 6) is -0.175. The maximum absolute atomic E-state index is 11.9. The molecule has 1 heterocycles. The van der Waals surface area contributed by atoms with Gasteiger partial charge in [0.1, 0.15) is 6.04 Å². The smallest absolute Gasteiger partial charge is 0.239 e. The zero-order valence-electron chi connectivity index (χ0n) is 9.74. The number of amides is 2. The molecule has 96 valence electrons. The summed E-state index contributed by atoms with van der Waals surface area (Å²) >= 11 is 0. The first-order valence-corrected chi connectivity index (χ1v) is 6.13. The van der Waals surface area contributed by atoms with Crippen LogP contribution in [0.5, 0.6) is 0 Å². The summed E-state index contributed by atoms with van der Waals surface area (Å²) < 4.78 is 0. The van der Waals surface area contributed by atoms with Gasteiger partial charge in [-0.1, -0.05) is 0 Å². The fraction of sp³-hybridized carbons (Fsp3) is 0.818. The molecular formula is C11H19N3O3. The molecule has 2 rings (SSSR count). The van der Waals surface area contributed by atoms with Crippen LogP contribution in [-0.4, -0.2) is 48.2 Å². The molecule has 0 spiro atoms. The number of rotatable bonds is 2. The number of hydrogen-bond donors (Lipinski definition) is 4. The molecule has 2 aliphatic rings. The normalized spacial score (nSPS) is 33.9. The van der Waals surface area contributed by atoms with Gasteiger partial charge in [0.05, 0.1) is 12.6 Å². The Labute approximate surface area is 100 Å². The van der Waals surface area contributed by atoms with Crippen LogP contribution in [0.25, 0.3) is 0 Å². The van der Waals surface area contributed by atoms with E-state index in [9.17, 15) is 14.7 Å². The second kappa shape index (κ2) is 5.46. The SMILES string of the molecule is O=C1CNC(C(=O)NC2CCCC(O)C2)CN1. The molecule has 0 radical (unpaired) electrons. The molecule has 17 heavy (non-hydrogen) atoms. The van der Waals surface area contributed by atoms with Crippen LogP contribution in [-0.2, 0) is 9.59 Å². The highest BCUT2D eigenvalue weighted by Gasteiger charge is 2.27. The van der Waals surface area contributed by atoms with Gasteiger partial charge in [-0.25, -0.2) is 0 Å². The predicted octanol–water partition coefficient (Wildman–Crippen LogP) is -1.51. The van der Waals surface area contributed by atoms with Crippen LogP contribution < -0.4 is 16.0 Å². The van der Waals surface area contributed by atoms with E-state index >= 15 is 0 Å². The number of nitrogens with one attached hydrogen (secondary N) is 3. The number of piperazine rings is 1. The van der Waals surface area contributed by atoms with Gasteiger partial charge < -0.3 is 15.7 Å². The molecule has 1 aliphatic heterocycles. The van der Waals surface area contributed by atoms with Crippen molar-refractivity contribution in [3.05, 3.63) is 0 Å². The van der Waals surface area contributed by atoms with Gasteiger partial charge in [-0.2, -0.15) is 0 Å². The Hall–Kier alpha value is -1.14. The zero-order valence-corrected chi connectivity index (χ0v) is 9.74. The Morgan fingerprint density at radius 2 is 2.24 bits per heavy atom. The highest BCUT2D eigenvalue weighted by atomic mass is 16.3. The first-order chi connectivity index (χ1) is 8.15. The van der Waals surface area contributed by atoms with Crippen molar-refractivity contribution in [3.63, 3.8) is 0 Å². The van der Waals surface area contributed by atoms with Crippen molar-refractivity contribution in [1.29, 1.82) is 0 Å². The van der Waals surface area contributed by atoms with E-state index in [0.717, 1.165) is 19.3 Å². The van der Waals surface area contributed by atoms with Crippen molar-refractivity contribution in [2.24, 2.45) is 0 Å². The summed E-state index contributed by atoms with van der Waals surface area (Å²) in [7, 11) is 0. The lowest BCUT2D eigenvalue weighted by Crippen LogP contribution is -2.59. The first-order valence-electron chi connectivity index (χ1n) is 6.13. The molecule has 0 bridgehead atoms. The monoisotopic (exact) mass is 241 g/mol. The molecule has 0 aromatic rings. The van der Waals surface area contributed by atoms with Gasteiger partial charge in [0.25, 0.3) is 0 Å². The molecule has 6 nitrogen and oxygen atoms in total. The molecule has 3 atom stereocenters. The molecule has 3 unspecified atom stereocenters. The van der Waals surface area contributed by atoms with Crippen molar-refractivity contribution in [2.75, 3.05) is 13.1 Å². The Morgan fingerprint density at radius 1 is 1.41 bits per heavy atom. The zero-order chi connectivity index (χ0) is 12.3. The van der Waals surface area contributed by atoms with Crippen LogP contribution in [0.1, 0.15) is 25.7 Å². The van der Waals surface area contributed by atoms with Gasteiger partial charge in [0, 0.05) is 12.6 Å². The summed E-state index contributed by atoms with van der Waals surface area (Å²) in [6.07, 6.45) is 3.02. The lowest BCUT2D eigenvalue weighted by atomic mass is 9.93. The summed E-state index contributed by atoms with van der Waals surface area (Å²) in [5, 5.41) is 18.0. The maximum Gasteiger partial charge on any atom is 0.239 e. The Balaban J connectivity index is 1.78. The van der Waals surface area contributed by atoms with Crippen LogP contribution in [0, 0.1) is 0 Å². The molecule has 1 saturated carbocycles. The van der Waals surface area contributed by atoms with Gasteiger partial charge in [-0.3, -0.25) is 14.9 Å². The van der Waals surface area contributed by atoms with Crippen molar-refractivity contribution >= 4 is 11.8 Å². The van der Waals surface area contributed by atoms with Gasteiger partial charge in [0.15, 0.2) is 0 Å². The summed E-state index contributed by atoms with van der Waals surface area (Å²) in [4.78, 5) is 22.8. The number of aliphatic hydroxyl groups excluding tert-OH is 1. The van der Waals surface area contributed by atoms with Gasteiger partial charge in [0.2, 0.25) is 11.8 Å². The van der Waals surface area contributed by atoms with Crippen LogP contribution in [0.2, 0.25) is 0 Å². The van der Waals surface area contributed by atoms with Crippen molar-refractivity contribution in [2.45, 2.75) is 43.9 Å². The number of carbonyl (C=O) groups is 2. The minimum Gasteiger partial charge on any atom is -0.393 e. The van der Waals surface area contributed by atoms with E-state index in [4.69, 9.17) is 0 Å². The lowest BCUT2D eigenvalue weighted by molar-refractivity contribution is -0.127. The largest absolute Gasteiger partial charge is 0.393 e. The lowest BCUT2D eigenvalue weighted by Gasteiger charge is -2.29. The average Bonchev–Trinajstić information content (AvgIpc) is 2.29. The molecule has 2 fully saturated rings. The first kappa shape index (κ1) is 12.3. The van der Waals surface area contributed by atoms with Gasteiger partial charge in [-0.05, 0) is 25.7 Å². The van der Waals surface area contributed by atoms with E-state index in [2.05, 4.69) is 16.0 Å². The Bertz CT molecular complexity index is 298. The standard InChI is InChI=1S/C11H19N3O3/c15-8-3-1-2-7(4-8)14-11(17)9-5-13-10(16)6-12-9/h7-9,12,15H,1-6H2,(H,13,16)(H,14,17). The maximum atomic E-state index is 11.9. The minimum absolute atomic E-state index is 0.0608. The third-order valence-electron chi connectivity index (χ3n) is 3.32. The van der Waals surface area contributed by atoms with E-state index in [1.807, 2.05) is 0 Å². The highest BCUT2D eigenvalue weighted by molar-refractivity contribution is 5.86. The molecular weight excluding hydrogens is 222 g/mol. The molecule has 0 aromatic carbocycles. The Kier molecular flexibility index (Phi) is 3.96. The van der Waals surface area contributed by atoms with Crippen LogP contribution in [0.3, 0.4) is 0 Å². The second-order valence-electron chi connectivity index (χ2n) is 4.76.